The molecule has 0 aromatic rings. The molecular weight excluding hydrogens is 340 g/mol. The van der Waals surface area contributed by atoms with Gasteiger partial charge in [-0.15, -0.1) is 0 Å². The molecule has 0 rings (SSSR count). The number of hydrogen-bond acceptors (Lipinski definition) is 0. The third kappa shape index (κ3) is 5.36. The summed E-state index contributed by atoms with van der Waals surface area (Å²) in [5.41, 5.74) is 0. The Bertz CT molecular complexity index is 71.5. The minimum Gasteiger partial charge on any atom is -0.0844 e. The molecular formula is C2Br2Cl4N. The highest BCUT2D eigenvalue weighted by molar-refractivity contribution is 9.14. The van der Waals surface area contributed by atoms with Gasteiger partial charge in [-0.05, 0) is 31.9 Å². The Kier molecular flexibility index (Phi) is 6.36. The molecule has 0 aliphatic carbocycles. The SMILES string of the molecule is ClC(Cl)(Br)C(Cl)(Cl)Br.[N]. The number of alkyl halides is 6. The summed E-state index contributed by atoms with van der Waals surface area (Å²) in [6.45, 7) is 0. The number of rotatable bonds is 1. The molecule has 0 spiro atoms. The van der Waals surface area contributed by atoms with E-state index in [1.165, 1.54) is 0 Å². The second-order valence-corrected chi connectivity index (χ2v) is 7.86. The van der Waals surface area contributed by atoms with Crippen molar-refractivity contribution >= 4 is 78.3 Å². The molecule has 3 radical (unpaired) electrons. The predicted octanol–water partition coefficient (Wildman–Crippen LogP) is 3.56. The van der Waals surface area contributed by atoms with E-state index in [-0.39, 0.29) is 6.15 Å². The van der Waals surface area contributed by atoms with Gasteiger partial charge >= 0.3 is 0 Å². The van der Waals surface area contributed by atoms with Crippen molar-refractivity contribution in [3.05, 3.63) is 0 Å². The molecule has 0 aromatic heterocycles. The van der Waals surface area contributed by atoms with Gasteiger partial charge in [-0.25, -0.2) is 0 Å². The first-order valence-electron chi connectivity index (χ1n) is 1.38. The van der Waals surface area contributed by atoms with E-state index < -0.39 is 6.49 Å². The molecule has 55 valence electrons. The lowest BCUT2D eigenvalue weighted by Gasteiger charge is -2.20. The summed E-state index contributed by atoms with van der Waals surface area (Å²) in [4.78, 5) is 0. The zero-order valence-corrected chi connectivity index (χ0v) is 9.91. The molecule has 7 heteroatoms. The van der Waals surface area contributed by atoms with Crippen molar-refractivity contribution in [2.45, 2.75) is 6.49 Å². The van der Waals surface area contributed by atoms with Crippen molar-refractivity contribution < 1.29 is 0 Å². The highest BCUT2D eigenvalue weighted by Crippen LogP contribution is 2.51. The van der Waals surface area contributed by atoms with E-state index in [1.54, 1.807) is 0 Å². The first kappa shape index (κ1) is 13.7. The van der Waals surface area contributed by atoms with Gasteiger partial charge in [0.2, 0.25) is 6.49 Å². The minimum atomic E-state index is -1.36. The van der Waals surface area contributed by atoms with E-state index in [9.17, 15) is 0 Å². The second-order valence-electron chi connectivity index (χ2n) is 0.996. The molecule has 0 bridgehead atoms. The van der Waals surface area contributed by atoms with Gasteiger partial charge in [-0.3, -0.25) is 0 Å². The fraction of sp³-hybridized carbons (Fsp3) is 1.00. The molecule has 1 nitrogen and oxygen atoms in total. The van der Waals surface area contributed by atoms with Crippen molar-refractivity contribution in [2.24, 2.45) is 0 Å². The highest BCUT2D eigenvalue weighted by atomic mass is 79.9. The topological polar surface area (TPSA) is 30.5 Å². The van der Waals surface area contributed by atoms with Gasteiger partial charge in [0.1, 0.15) is 0 Å². The van der Waals surface area contributed by atoms with Gasteiger partial charge in [0.05, 0.1) is 0 Å². The van der Waals surface area contributed by atoms with Crippen LogP contribution in [0, 0.1) is 0 Å². The number of halogens is 6. The third-order valence-corrected chi connectivity index (χ3v) is 4.48. The lowest BCUT2D eigenvalue weighted by atomic mass is 10.9. The maximum absolute atomic E-state index is 5.38. The monoisotopic (exact) mass is 336 g/mol. The van der Waals surface area contributed by atoms with Crippen molar-refractivity contribution in [3.63, 3.8) is 0 Å². The van der Waals surface area contributed by atoms with E-state index in [1.807, 2.05) is 0 Å². The fourth-order valence-corrected chi connectivity index (χ4v) is 0. The maximum atomic E-state index is 5.38. The Morgan fingerprint density at radius 1 is 0.778 bits per heavy atom. The van der Waals surface area contributed by atoms with Crippen LogP contribution in [0.3, 0.4) is 0 Å². The van der Waals surface area contributed by atoms with Crippen LogP contribution in [0.15, 0.2) is 0 Å². The zero-order chi connectivity index (χ0) is 7.00. The van der Waals surface area contributed by atoms with Gasteiger partial charge in [0, 0.05) is 6.15 Å². The van der Waals surface area contributed by atoms with Crippen LogP contribution in [0.2, 0.25) is 0 Å². The number of hydrogen-bond donors (Lipinski definition) is 0. The Hall–Kier alpha value is 2.08. The average Bonchev–Trinajstić information content (AvgIpc) is 1.25. The Labute approximate surface area is 90.2 Å². The number of nitrogens with zero attached hydrogens (tertiary/aromatic N) is 1. The normalized spacial score (nSPS) is 12.7. The van der Waals surface area contributed by atoms with Crippen LogP contribution in [0.1, 0.15) is 0 Å². The smallest absolute Gasteiger partial charge is 0.0844 e. The standard InChI is InChI=1S/C2Br2Cl4.N/c3-1(5,6)2(4,7)8;. The molecule has 0 saturated carbocycles. The van der Waals surface area contributed by atoms with Crippen molar-refractivity contribution in [3.8, 4) is 0 Å². The van der Waals surface area contributed by atoms with E-state index in [2.05, 4.69) is 31.9 Å². The van der Waals surface area contributed by atoms with E-state index in [4.69, 9.17) is 46.4 Å². The van der Waals surface area contributed by atoms with Crippen LogP contribution in [-0.2, 0) is 0 Å². The second kappa shape index (κ2) is 4.19. The molecule has 0 N–H and O–H groups in total. The summed E-state index contributed by atoms with van der Waals surface area (Å²) >= 11 is 27.2. The first-order valence-corrected chi connectivity index (χ1v) is 4.48. The molecule has 0 amide bonds. The summed E-state index contributed by atoms with van der Waals surface area (Å²) in [5, 5.41) is 0. The largest absolute Gasteiger partial charge is 0.214 e. The van der Waals surface area contributed by atoms with E-state index >= 15 is 0 Å². The Morgan fingerprint density at radius 3 is 0.889 bits per heavy atom. The molecule has 0 unspecified atom stereocenters. The summed E-state index contributed by atoms with van der Waals surface area (Å²) in [6.07, 6.45) is 0. The molecule has 0 aromatic carbocycles. The van der Waals surface area contributed by atoms with Gasteiger partial charge < -0.3 is 0 Å². The molecule has 0 fully saturated rings. The minimum absolute atomic E-state index is 0. The van der Waals surface area contributed by atoms with Crippen molar-refractivity contribution in [2.75, 3.05) is 0 Å². The maximum Gasteiger partial charge on any atom is 0.214 e. The van der Waals surface area contributed by atoms with Crippen LogP contribution in [0.5, 0.6) is 0 Å². The summed E-state index contributed by atoms with van der Waals surface area (Å²) in [6, 6.07) is 0. The van der Waals surface area contributed by atoms with Crippen molar-refractivity contribution in [1.29, 1.82) is 0 Å². The summed E-state index contributed by atoms with van der Waals surface area (Å²) in [5.74, 6) is 0. The van der Waals surface area contributed by atoms with Crippen LogP contribution >= 0.6 is 78.3 Å². The Balaban J connectivity index is 0. The van der Waals surface area contributed by atoms with Crippen LogP contribution < -0.4 is 6.15 Å². The van der Waals surface area contributed by atoms with Crippen LogP contribution in [0.25, 0.3) is 0 Å². The van der Waals surface area contributed by atoms with Crippen molar-refractivity contribution in [1.82, 2.24) is 6.15 Å². The van der Waals surface area contributed by atoms with E-state index in [0.29, 0.717) is 0 Å². The molecule has 9 heavy (non-hydrogen) atoms. The zero-order valence-electron chi connectivity index (χ0n) is 3.72. The predicted molar refractivity (Wildman–Crippen MR) is 48.9 cm³/mol. The van der Waals surface area contributed by atoms with E-state index in [0.717, 1.165) is 0 Å². The molecule has 0 heterocycles. The van der Waals surface area contributed by atoms with Gasteiger partial charge in [-0.1, -0.05) is 46.4 Å². The lowest BCUT2D eigenvalue weighted by Crippen LogP contribution is -2.22. The molecule has 0 aliphatic heterocycles. The van der Waals surface area contributed by atoms with Gasteiger partial charge in [-0.2, -0.15) is 0 Å². The molecule has 0 saturated heterocycles. The summed E-state index contributed by atoms with van der Waals surface area (Å²) < 4.78 is -2.72. The van der Waals surface area contributed by atoms with Gasteiger partial charge in [0.15, 0.2) is 0 Å². The van der Waals surface area contributed by atoms with Gasteiger partial charge in [0.25, 0.3) is 0 Å². The first-order chi connectivity index (χ1) is 3.25. The molecule has 0 atom stereocenters. The quantitative estimate of drug-likeness (QED) is 0.654. The summed E-state index contributed by atoms with van der Waals surface area (Å²) in [7, 11) is 0. The average molecular weight is 340 g/mol. The molecule has 0 aliphatic rings. The highest BCUT2D eigenvalue weighted by Gasteiger charge is 2.42. The lowest BCUT2D eigenvalue weighted by molar-refractivity contribution is 1.18. The van der Waals surface area contributed by atoms with Crippen LogP contribution in [-0.4, -0.2) is 6.49 Å². The fourth-order valence-electron chi connectivity index (χ4n) is 0. The van der Waals surface area contributed by atoms with Crippen LogP contribution in [0.4, 0.5) is 0 Å². The third-order valence-electron chi connectivity index (χ3n) is 0.321. The Morgan fingerprint density at radius 2 is 0.889 bits per heavy atom.